The van der Waals surface area contributed by atoms with E-state index in [1.54, 1.807) is 0 Å². The Balaban J connectivity index is 2.92. The summed E-state index contributed by atoms with van der Waals surface area (Å²) in [5, 5.41) is -0.230. The summed E-state index contributed by atoms with van der Waals surface area (Å²) in [7, 11) is 3.69. The molecule has 8 heteroatoms. The zero-order valence-corrected chi connectivity index (χ0v) is 15.3. The van der Waals surface area contributed by atoms with Gasteiger partial charge in [0.15, 0.2) is 5.82 Å². The van der Waals surface area contributed by atoms with Crippen molar-refractivity contribution in [2.45, 2.75) is 6.92 Å². The van der Waals surface area contributed by atoms with Crippen molar-refractivity contribution in [2.24, 2.45) is 0 Å². The molecule has 26 heavy (non-hydrogen) atoms. The summed E-state index contributed by atoms with van der Waals surface area (Å²) < 4.78 is 39.5. The Labute approximate surface area is 154 Å². The number of benzene rings is 2. The molecule has 1 amide bonds. The van der Waals surface area contributed by atoms with Crippen LogP contribution in [0.3, 0.4) is 0 Å². The van der Waals surface area contributed by atoms with Crippen LogP contribution in [-0.2, 0) is 9.53 Å². The number of nitrogens with zero attached hydrogens (tertiary/aromatic N) is 1. The van der Waals surface area contributed by atoms with Crippen LogP contribution in [0.2, 0.25) is 5.02 Å². The fourth-order valence-corrected chi connectivity index (χ4v) is 2.79. The maximum absolute atomic E-state index is 15.4. The number of carbonyl (C=O) groups is 2. The van der Waals surface area contributed by atoms with E-state index < -0.39 is 23.5 Å². The van der Waals surface area contributed by atoms with E-state index in [9.17, 15) is 14.0 Å². The van der Waals surface area contributed by atoms with Crippen LogP contribution in [0.1, 0.15) is 17.3 Å². The highest BCUT2D eigenvalue weighted by molar-refractivity contribution is 6.34. The van der Waals surface area contributed by atoms with Crippen molar-refractivity contribution in [3.63, 3.8) is 0 Å². The van der Waals surface area contributed by atoms with E-state index in [0.717, 1.165) is 24.1 Å². The first-order chi connectivity index (χ1) is 12.2. The van der Waals surface area contributed by atoms with Crippen LogP contribution < -0.4 is 9.64 Å². The maximum Gasteiger partial charge on any atom is 0.340 e. The van der Waals surface area contributed by atoms with Gasteiger partial charge in [-0.25, -0.2) is 13.6 Å². The van der Waals surface area contributed by atoms with Gasteiger partial charge in [-0.1, -0.05) is 17.7 Å². The number of rotatable bonds is 4. The van der Waals surface area contributed by atoms with Crippen LogP contribution in [0.15, 0.2) is 24.3 Å². The predicted octanol–water partition coefficient (Wildman–Crippen LogP) is 4.06. The molecular weight excluding hydrogens is 368 g/mol. The van der Waals surface area contributed by atoms with Gasteiger partial charge >= 0.3 is 5.97 Å². The van der Waals surface area contributed by atoms with Crippen LogP contribution >= 0.6 is 11.6 Å². The molecule has 5 nitrogen and oxygen atoms in total. The zero-order valence-electron chi connectivity index (χ0n) is 14.5. The fourth-order valence-electron chi connectivity index (χ4n) is 2.51. The first-order valence-corrected chi connectivity index (χ1v) is 7.79. The quantitative estimate of drug-likeness (QED) is 0.747. The van der Waals surface area contributed by atoms with E-state index in [2.05, 4.69) is 4.74 Å². The third-order valence-corrected chi connectivity index (χ3v) is 4.15. The van der Waals surface area contributed by atoms with Gasteiger partial charge < -0.3 is 14.4 Å². The average molecular weight is 384 g/mol. The van der Waals surface area contributed by atoms with Crippen LogP contribution in [0.25, 0.3) is 11.1 Å². The summed E-state index contributed by atoms with van der Waals surface area (Å²) in [6.45, 7) is 1.19. The number of hydrogen-bond donors (Lipinski definition) is 0. The number of esters is 1. The third-order valence-electron chi connectivity index (χ3n) is 3.85. The molecule has 0 saturated carbocycles. The fraction of sp³-hybridized carbons (Fsp3) is 0.222. The molecular formula is C18H16ClF2NO4. The lowest BCUT2D eigenvalue weighted by Crippen LogP contribution is -2.27. The lowest BCUT2D eigenvalue weighted by Gasteiger charge is -2.22. The number of carbonyl (C=O) groups excluding carboxylic acids is 2. The van der Waals surface area contributed by atoms with E-state index >= 15 is 4.39 Å². The number of hydrogen-bond acceptors (Lipinski definition) is 4. The molecule has 0 fully saturated rings. The molecule has 2 rings (SSSR count). The number of anilines is 1. The van der Waals surface area contributed by atoms with Gasteiger partial charge in [0.1, 0.15) is 11.6 Å². The monoisotopic (exact) mass is 383 g/mol. The molecule has 0 bridgehead atoms. The van der Waals surface area contributed by atoms with Gasteiger partial charge in [-0.2, -0.15) is 0 Å². The van der Waals surface area contributed by atoms with Crippen molar-refractivity contribution < 1.29 is 27.8 Å². The normalized spacial score (nSPS) is 10.4. The first-order valence-electron chi connectivity index (χ1n) is 7.42. The molecule has 0 aliphatic rings. The highest BCUT2D eigenvalue weighted by Gasteiger charge is 2.29. The van der Waals surface area contributed by atoms with Crippen molar-refractivity contribution in [1.82, 2.24) is 0 Å². The smallest absolute Gasteiger partial charge is 0.340 e. The van der Waals surface area contributed by atoms with Crippen molar-refractivity contribution >= 4 is 29.2 Å². The van der Waals surface area contributed by atoms with Crippen molar-refractivity contribution in [3.05, 3.63) is 46.5 Å². The van der Waals surface area contributed by atoms with Gasteiger partial charge in [0.25, 0.3) is 0 Å². The summed E-state index contributed by atoms with van der Waals surface area (Å²) >= 11 is 6.15. The molecule has 0 N–H and O–H groups in total. The van der Waals surface area contributed by atoms with Gasteiger partial charge in [-0.3, -0.25) is 4.79 Å². The summed E-state index contributed by atoms with van der Waals surface area (Å²) in [4.78, 5) is 24.7. The Morgan fingerprint density at radius 2 is 1.81 bits per heavy atom. The Morgan fingerprint density at radius 1 is 1.15 bits per heavy atom. The van der Waals surface area contributed by atoms with E-state index in [1.807, 2.05) is 0 Å². The lowest BCUT2D eigenvalue weighted by atomic mass is 9.99. The Morgan fingerprint density at radius 3 is 2.35 bits per heavy atom. The van der Waals surface area contributed by atoms with Crippen molar-refractivity contribution in [1.29, 1.82) is 0 Å². The highest BCUT2D eigenvalue weighted by Crippen LogP contribution is 2.43. The van der Waals surface area contributed by atoms with Gasteiger partial charge in [0.05, 0.1) is 36.1 Å². The highest BCUT2D eigenvalue weighted by atomic mass is 35.5. The Bertz CT molecular complexity index is 886. The van der Waals surface area contributed by atoms with Crippen LogP contribution in [0, 0.1) is 11.6 Å². The van der Waals surface area contributed by atoms with Crippen LogP contribution in [0.5, 0.6) is 5.75 Å². The first kappa shape index (κ1) is 19.7. The predicted molar refractivity (Wildman–Crippen MR) is 93.8 cm³/mol. The summed E-state index contributed by atoms with van der Waals surface area (Å²) in [5.41, 5.74) is -1.16. The number of methoxy groups -OCH3 is 2. The summed E-state index contributed by atoms with van der Waals surface area (Å²) in [6.07, 6.45) is 0. The maximum atomic E-state index is 15.4. The van der Waals surface area contributed by atoms with Gasteiger partial charge in [-0.15, -0.1) is 0 Å². The molecule has 2 aromatic rings. The van der Waals surface area contributed by atoms with Gasteiger partial charge in [0.2, 0.25) is 5.91 Å². The summed E-state index contributed by atoms with van der Waals surface area (Å²) in [6, 6.07) is 5.09. The molecule has 0 aliphatic heterocycles. The van der Waals surface area contributed by atoms with Crippen LogP contribution in [-0.4, -0.2) is 33.1 Å². The lowest BCUT2D eigenvalue weighted by molar-refractivity contribution is -0.116. The molecule has 138 valence electrons. The van der Waals surface area contributed by atoms with Gasteiger partial charge in [-0.05, 0) is 18.2 Å². The largest absolute Gasteiger partial charge is 0.496 e. The SMILES string of the molecule is COC(=O)c1cc(Cl)c(-c2c(F)cccc2OC)c(F)c1N(C)C(C)=O. The second-order valence-corrected chi connectivity index (χ2v) is 5.74. The molecule has 0 radical (unpaired) electrons. The molecule has 0 atom stereocenters. The molecule has 0 aliphatic carbocycles. The standard InChI is InChI=1S/C18H16ClF2NO4/c1-9(23)22(2)17-10(18(24)26-4)8-11(19)14(16(17)21)15-12(20)6-5-7-13(15)25-3/h5-8H,1-4H3. The Kier molecular flexibility index (Phi) is 5.82. The Hall–Kier alpha value is -2.67. The minimum absolute atomic E-state index is 0.0491. The van der Waals surface area contributed by atoms with Crippen molar-refractivity contribution in [3.8, 4) is 16.9 Å². The van der Waals surface area contributed by atoms with Gasteiger partial charge in [0, 0.05) is 19.5 Å². The van der Waals surface area contributed by atoms with E-state index in [1.165, 1.54) is 33.2 Å². The minimum Gasteiger partial charge on any atom is -0.496 e. The molecule has 0 spiro atoms. The third kappa shape index (κ3) is 3.35. The molecule has 0 unspecified atom stereocenters. The minimum atomic E-state index is -1.04. The number of ether oxygens (including phenoxy) is 2. The molecule has 0 saturated heterocycles. The zero-order chi connectivity index (χ0) is 19.6. The van der Waals surface area contributed by atoms with Crippen molar-refractivity contribution in [2.75, 3.05) is 26.2 Å². The molecule has 2 aromatic carbocycles. The van der Waals surface area contributed by atoms with E-state index in [4.69, 9.17) is 16.3 Å². The second-order valence-electron chi connectivity index (χ2n) is 5.33. The van der Waals surface area contributed by atoms with E-state index in [0.29, 0.717) is 0 Å². The number of halogens is 3. The van der Waals surface area contributed by atoms with Crippen LogP contribution in [0.4, 0.5) is 14.5 Å². The topological polar surface area (TPSA) is 55.8 Å². The summed E-state index contributed by atoms with van der Waals surface area (Å²) in [5.74, 6) is -3.19. The number of amides is 1. The molecule has 0 aromatic heterocycles. The average Bonchev–Trinajstić information content (AvgIpc) is 2.61. The molecule has 0 heterocycles. The van der Waals surface area contributed by atoms with E-state index in [-0.39, 0.29) is 33.1 Å². The second kappa shape index (κ2) is 7.70.